The number of anilines is 1. The molecule has 22 heavy (non-hydrogen) atoms. The highest BCUT2D eigenvalue weighted by Crippen LogP contribution is 2.33. The molecule has 1 aliphatic carbocycles. The summed E-state index contributed by atoms with van der Waals surface area (Å²) in [5.41, 5.74) is 9.39. The summed E-state index contributed by atoms with van der Waals surface area (Å²) in [6.45, 7) is 1.81. The molecule has 116 valence electrons. The topological polar surface area (TPSA) is 77.0 Å². The second-order valence-electron chi connectivity index (χ2n) is 5.84. The Labute approximate surface area is 129 Å². The number of carbonyl (C=O) groups excluding carboxylic acids is 1. The van der Waals surface area contributed by atoms with E-state index >= 15 is 0 Å². The zero-order valence-corrected chi connectivity index (χ0v) is 13.2. The normalized spacial score (nSPS) is 17.1. The Bertz CT molecular complexity index is 721. The molecule has 2 aromatic heterocycles. The molecule has 1 aliphatic rings. The number of rotatable bonds is 2. The van der Waals surface area contributed by atoms with E-state index < -0.39 is 0 Å². The molecule has 3 rings (SSSR count). The molecule has 0 radical (unpaired) electrons. The van der Waals surface area contributed by atoms with Crippen LogP contribution in [0.4, 0.5) is 5.82 Å². The standard InChI is InChI=1S/C16H21N5O/c1-10-13(15(17)21(3)19-10)16(22)20(2)12-8-4-6-11-7-5-9-18-14(11)12/h5,7,9,12H,4,6,8,17H2,1-3H3. The lowest BCUT2D eigenvalue weighted by molar-refractivity contribution is 0.0711. The van der Waals surface area contributed by atoms with E-state index in [4.69, 9.17) is 5.73 Å². The van der Waals surface area contributed by atoms with Gasteiger partial charge in [0.15, 0.2) is 0 Å². The first-order valence-corrected chi connectivity index (χ1v) is 7.50. The number of fused-ring (bicyclic) bond motifs is 1. The van der Waals surface area contributed by atoms with E-state index in [1.165, 1.54) is 5.56 Å². The smallest absolute Gasteiger partial charge is 0.259 e. The molecule has 0 aliphatic heterocycles. The molecule has 6 heteroatoms. The Balaban J connectivity index is 1.95. The minimum absolute atomic E-state index is 0.00328. The Morgan fingerprint density at radius 1 is 1.50 bits per heavy atom. The lowest BCUT2D eigenvalue weighted by Crippen LogP contribution is -2.34. The molecule has 0 aromatic carbocycles. The van der Waals surface area contributed by atoms with Crippen LogP contribution in [0.2, 0.25) is 0 Å². The number of nitrogens with two attached hydrogens (primary N) is 1. The van der Waals surface area contributed by atoms with Gasteiger partial charge in [0.25, 0.3) is 5.91 Å². The van der Waals surface area contributed by atoms with Gasteiger partial charge in [0, 0.05) is 20.3 Å². The van der Waals surface area contributed by atoms with Gasteiger partial charge in [-0.2, -0.15) is 5.10 Å². The Kier molecular flexibility index (Phi) is 3.60. The van der Waals surface area contributed by atoms with Crippen molar-refractivity contribution >= 4 is 11.7 Å². The van der Waals surface area contributed by atoms with Crippen molar-refractivity contribution in [3.8, 4) is 0 Å². The van der Waals surface area contributed by atoms with Crippen LogP contribution in [-0.4, -0.2) is 32.6 Å². The van der Waals surface area contributed by atoms with E-state index in [0.29, 0.717) is 17.1 Å². The number of hydrogen-bond donors (Lipinski definition) is 1. The molecule has 1 amide bonds. The maximum absolute atomic E-state index is 12.9. The van der Waals surface area contributed by atoms with E-state index in [9.17, 15) is 4.79 Å². The fourth-order valence-electron chi connectivity index (χ4n) is 3.22. The van der Waals surface area contributed by atoms with Gasteiger partial charge in [0.1, 0.15) is 11.4 Å². The van der Waals surface area contributed by atoms with Crippen LogP contribution < -0.4 is 5.73 Å². The van der Waals surface area contributed by atoms with Gasteiger partial charge in [-0.15, -0.1) is 0 Å². The van der Waals surface area contributed by atoms with Gasteiger partial charge in [-0.3, -0.25) is 14.5 Å². The van der Waals surface area contributed by atoms with Crippen LogP contribution in [0.15, 0.2) is 18.3 Å². The largest absolute Gasteiger partial charge is 0.383 e. The molecule has 2 heterocycles. The highest BCUT2D eigenvalue weighted by molar-refractivity contribution is 5.99. The molecule has 1 atom stereocenters. The lowest BCUT2D eigenvalue weighted by atomic mass is 9.91. The summed E-state index contributed by atoms with van der Waals surface area (Å²) in [5.74, 6) is 0.318. The first-order chi connectivity index (χ1) is 10.5. The van der Waals surface area contributed by atoms with Crippen LogP contribution in [-0.2, 0) is 13.5 Å². The Hall–Kier alpha value is -2.37. The number of carbonyl (C=O) groups is 1. The summed E-state index contributed by atoms with van der Waals surface area (Å²) in [5, 5.41) is 4.23. The highest BCUT2D eigenvalue weighted by Gasteiger charge is 2.31. The first kappa shape index (κ1) is 14.6. The molecule has 2 N–H and O–H groups in total. The van der Waals surface area contributed by atoms with Gasteiger partial charge in [0.2, 0.25) is 0 Å². The van der Waals surface area contributed by atoms with Crippen molar-refractivity contribution in [3.63, 3.8) is 0 Å². The van der Waals surface area contributed by atoms with Gasteiger partial charge in [-0.05, 0) is 37.8 Å². The van der Waals surface area contributed by atoms with Gasteiger partial charge < -0.3 is 10.6 Å². The molecule has 2 aromatic rings. The number of nitrogen functional groups attached to an aromatic ring is 1. The van der Waals surface area contributed by atoms with Crippen molar-refractivity contribution in [2.24, 2.45) is 7.05 Å². The van der Waals surface area contributed by atoms with Crippen LogP contribution in [0.3, 0.4) is 0 Å². The summed E-state index contributed by atoms with van der Waals surface area (Å²) in [7, 11) is 3.57. The number of hydrogen-bond acceptors (Lipinski definition) is 4. The van der Waals surface area contributed by atoms with E-state index in [1.54, 1.807) is 22.8 Å². The maximum atomic E-state index is 12.9. The predicted molar refractivity (Wildman–Crippen MR) is 84.4 cm³/mol. The Morgan fingerprint density at radius 2 is 2.27 bits per heavy atom. The molecule has 0 bridgehead atoms. The second kappa shape index (κ2) is 5.44. The average molecular weight is 299 g/mol. The lowest BCUT2D eigenvalue weighted by Gasteiger charge is -2.32. The van der Waals surface area contributed by atoms with E-state index in [0.717, 1.165) is 25.0 Å². The number of pyridine rings is 1. The Morgan fingerprint density at radius 3 is 2.95 bits per heavy atom. The summed E-state index contributed by atoms with van der Waals surface area (Å²) >= 11 is 0. The van der Waals surface area contributed by atoms with Crippen molar-refractivity contribution in [1.29, 1.82) is 0 Å². The van der Waals surface area contributed by atoms with Gasteiger partial charge in [-0.1, -0.05) is 6.07 Å². The molecular formula is C16H21N5O. The maximum Gasteiger partial charge on any atom is 0.259 e. The third-order valence-electron chi connectivity index (χ3n) is 4.43. The fourth-order valence-corrected chi connectivity index (χ4v) is 3.22. The van der Waals surface area contributed by atoms with E-state index in [-0.39, 0.29) is 11.9 Å². The molecule has 0 saturated carbocycles. The van der Waals surface area contributed by atoms with Crippen molar-refractivity contribution in [2.75, 3.05) is 12.8 Å². The molecule has 1 unspecified atom stereocenters. The number of nitrogens with zero attached hydrogens (tertiary/aromatic N) is 4. The highest BCUT2D eigenvalue weighted by atomic mass is 16.2. The quantitative estimate of drug-likeness (QED) is 0.918. The van der Waals surface area contributed by atoms with Crippen molar-refractivity contribution in [2.45, 2.75) is 32.2 Å². The van der Waals surface area contributed by atoms with Gasteiger partial charge >= 0.3 is 0 Å². The molecule has 0 saturated heterocycles. The van der Waals surface area contributed by atoms with Gasteiger partial charge in [0.05, 0.1) is 17.4 Å². The third kappa shape index (κ3) is 2.24. The minimum atomic E-state index is -0.0911. The van der Waals surface area contributed by atoms with Crippen molar-refractivity contribution in [3.05, 3.63) is 40.8 Å². The second-order valence-corrected chi connectivity index (χ2v) is 5.84. The monoisotopic (exact) mass is 299 g/mol. The summed E-state index contributed by atoms with van der Waals surface area (Å²) in [4.78, 5) is 19.1. The van der Waals surface area contributed by atoms with E-state index in [2.05, 4.69) is 16.1 Å². The number of aromatic nitrogens is 3. The first-order valence-electron chi connectivity index (χ1n) is 7.50. The fraction of sp³-hybridized carbons (Fsp3) is 0.438. The zero-order chi connectivity index (χ0) is 15.9. The number of amides is 1. The van der Waals surface area contributed by atoms with Crippen LogP contribution in [0.25, 0.3) is 0 Å². The van der Waals surface area contributed by atoms with Crippen LogP contribution in [0, 0.1) is 6.92 Å². The van der Waals surface area contributed by atoms with Crippen molar-refractivity contribution in [1.82, 2.24) is 19.7 Å². The summed E-state index contributed by atoms with van der Waals surface area (Å²) in [6.07, 6.45) is 4.79. The molecular weight excluding hydrogens is 278 g/mol. The molecule has 0 fully saturated rings. The minimum Gasteiger partial charge on any atom is -0.383 e. The van der Waals surface area contributed by atoms with Crippen LogP contribution in [0.5, 0.6) is 0 Å². The SMILES string of the molecule is Cc1nn(C)c(N)c1C(=O)N(C)C1CCCc2cccnc21. The van der Waals surface area contributed by atoms with Crippen LogP contribution >= 0.6 is 0 Å². The molecule has 0 spiro atoms. The third-order valence-corrected chi connectivity index (χ3v) is 4.43. The van der Waals surface area contributed by atoms with E-state index in [1.807, 2.05) is 20.0 Å². The molecule has 6 nitrogen and oxygen atoms in total. The average Bonchev–Trinajstić information content (AvgIpc) is 2.78. The van der Waals surface area contributed by atoms with Crippen molar-refractivity contribution < 1.29 is 4.79 Å². The summed E-state index contributed by atoms with van der Waals surface area (Å²) < 4.78 is 1.55. The van der Waals surface area contributed by atoms with Gasteiger partial charge in [-0.25, -0.2) is 0 Å². The summed E-state index contributed by atoms with van der Waals surface area (Å²) in [6, 6.07) is 4.04. The zero-order valence-electron chi connectivity index (χ0n) is 13.2. The van der Waals surface area contributed by atoms with Crippen LogP contribution in [0.1, 0.15) is 46.2 Å². The number of aryl methyl sites for hydroxylation is 3. The predicted octanol–water partition coefficient (Wildman–Crippen LogP) is 1.86.